The van der Waals surface area contributed by atoms with Crippen LogP contribution in [0.15, 0.2) is 0 Å². The van der Waals surface area contributed by atoms with Crippen LogP contribution in [-0.2, 0) is 47.7 Å². The third kappa shape index (κ3) is 54.6. The van der Waals surface area contributed by atoms with Crippen LogP contribution in [-0.4, -0.2) is 61.4 Å². The largest absolute Gasteiger partial charge is 0.462 e. The molecule has 0 aromatic heterocycles. The molecular formula is C70H132O10. The lowest BCUT2D eigenvalue weighted by atomic mass is 10.0. The van der Waals surface area contributed by atoms with Crippen molar-refractivity contribution in [3.63, 3.8) is 0 Å². The van der Waals surface area contributed by atoms with E-state index in [1.807, 2.05) is 0 Å². The Kier molecular flexibility index (Phi) is 60.3. The molecule has 0 unspecified atom stereocenters. The molecule has 0 rings (SSSR count). The van der Waals surface area contributed by atoms with Crippen molar-refractivity contribution in [2.45, 2.75) is 406 Å². The van der Waals surface area contributed by atoms with E-state index in [1.165, 1.54) is 193 Å². The number of esters is 5. The molecule has 0 saturated carbocycles. The van der Waals surface area contributed by atoms with Crippen molar-refractivity contribution < 1.29 is 47.7 Å². The number of hydrogen-bond acceptors (Lipinski definition) is 10. The molecule has 0 fully saturated rings. The van der Waals surface area contributed by atoms with Gasteiger partial charge in [-0.3, -0.25) is 24.0 Å². The molecule has 0 heterocycles. The second-order valence-corrected chi connectivity index (χ2v) is 24.0. The zero-order valence-corrected chi connectivity index (χ0v) is 53.6. The van der Waals surface area contributed by atoms with Gasteiger partial charge in [0.2, 0.25) is 0 Å². The summed E-state index contributed by atoms with van der Waals surface area (Å²) < 4.78 is 30.5. The maximum atomic E-state index is 14.0. The molecule has 3 atom stereocenters. The molecule has 80 heavy (non-hydrogen) atoms. The van der Waals surface area contributed by atoms with Gasteiger partial charge >= 0.3 is 29.8 Å². The molecule has 0 bridgehead atoms. The van der Waals surface area contributed by atoms with E-state index in [2.05, 4.69) is 34.6 Å². The van der Waals surface area contributed by atoms with Gasteiger partial charge in [-0.1, -0.05) is 324 Å². The van der Waals surface area contributed by atoms with Crippen LogP contribution in [0, 0.1) is 0 Å². The van der Waals surface area contributed by atoms with Crippen molar-refractivity contribution in [3.8, 4) is 0 Å². The molecule has 0 spiro atoms. The minimum Gasteiger partial charge on any atom is -0.462 e. The van der Waals surface area contributed by atoms with Gasteiger partial charge in [0.1, 0.15) is 13.2 Å². The third-order valence-corrected chi connectivity index (χ3v) is 16.1. The highest BCUT2D eigenvalue weighted by Crippen LogP contribution is 2.22. The summed E-state index contributed by atoms with van der Waals surface area (Å²) in [6.07, 6.45) is 53.1. The summed E-state index contributed by atoms with van der Waals surface area (Å²) in [5.74, 6) is -2.36. The lowest BCUT2D eigenvalue weighted by molar-refractivity contribution is -0.197. The first kappa shape index (κ1) is 77.3. The number of carbonyl (C=O) groups excluding carboxylic acids is 5. The molecule has 0 aliphatic rings. The summed E-state index contributed by atoms with van der Waals surface area (Å²) in [7, 11) is 0. The topological polar surface area (TPSA) is 132 Å². The Morgan fingerprint density at radius 1 is 0.212 bits per heavy atom. The lowest BCUT2D eigenvalue weighted by Gasteiger charge is -2.32. The molecule has 0 saturated heterocycles. The van der Waals surface area contributed by atoms with Crippen LogP contribution >= 0.6 is 0 Å². The number of unbranched alkanes of at least 4 members (excludes halogenated alkanes) is 45. The molecule has 10 nitrogen and oxygen atoms in total. The van der Waals surface area contributed by atoms with Gasteiger partial charge in [0.25, 0.3) is 0 Å². The van der Waals surface area contributed by atoms with Gasteiger partial charge in [-0.15, -0.1) is 0 Å². The predicted molar refractivity (Wildman–Crippen MR) is 334 cm³/mol. The standard InChI is InChI=1S/C70H132O10/c1-6-11-16-21-26-31-36-41-46-51-56-65(71)76-61-63(78-67(73)58-53-48-43-38-33-28-23-18-13-8-3)70(80-69(75)60-55-50-45-40-35-30-25-20-15-10-5)64(79-68(74)59-54-49-44-39-34-29-24-19-14-9-4)62-77-66(72)57-52-47-42-37-32-27-22-17-12-7-2/h63-64,70H,6-62H2,1-5H3/t63-,64+,70+. The van der Waals surface area contributed by atoms with Gasteiger partial charge in [-0.2, -0.15) is 0 Å². The Balaban J connectivity index is 6.41. The minimum atomic E-state index is -1.37. The van der Waals surface area contributed by atoms with Gasteiger partial charge in [-0.25, -0.2) is 0 Å². The molecule has 0 N–H and O–H groups in total. The molecule has 0 aliphatic heterocycles. The van der Waals surface area contributed by atoms with Crippen LogP contribution in [0.4, 0.5) is 0 Å². The van der Waals surface area contributed by atoms with Crippen molar-refractivity contribution in [2.75, 3.05) is 13.2 Å². The maximum absolute atomic E-state index is 14.0. The van der Waals surface area contributed by atoms with E-state index in [0.717, 1.165) is 96.3 Å². The van der Waals surface area contributed by atoms with Crippen LogP contribution in [0.5, 0.6) is 0 Å². The van der Waals surface area contributed by atoms with Gasteiger partial charge < -0.3 is 23.7 Å². The van der Waals surface area contributed by atoms with Crippen LogP contribution in [0.1, 0.15) is 388 Å². The molecule has 0 aromatic carbocycles. The van der Waals surface area contributed by atoms with Crippen molar-refractivity contribution in [1.29, 1.82) is 0 Å². The SMILES string of the molecule is CCCCCCCCCCCCC(=O)OC[C@H](OC(=O)CCCCCCCCCCCC)[C@@H](OC(=O)CCCCCCCCCCCC)[C@@H](COC(=O)CCCCCCCCCCCC)OC(=O)CCCCCCCCCCCC. The average molecular weight is 1130 g/mol. The normalized spacial score (nSPS) is 12.5. The second-order valence-electron chi connectivity index (χ2n) is 24.0. The summed E-state index contributed by atoms with van der Waals surface area (Å²) in [6.45, 7) is 10.4. The summed E-state index contributed by atoms with van der Waals surface area (Å²) in [4.78, 5) is 68.6. The van der Waals surface area contributed by atoms with Crippen LogP contribution < -0.4 is 0 Å². The molecule has 0 amide bonds. The summed E-state index contributed by atoms with van der Waals surface area (Å²) in [5.41, 5.74) is 0. The summed E-state index contributed by atoms with van der Waals surface area (Å²) in [6, 6.07) is 0. The first-order valence-electron chi connectivity index (χ1n) is 35.1. The molecule has 10 heteroatoms. The first-order chi connectivity index (χ1) is 39.2. The summed E-state index contributed by atoms with van der Waals surface area (Å²) >= 11 is 0. The number of ether oxygens (including phenoxy) is 5. The van der Waals surface area contributed by atoms with E-state index in [4.69, 9.17) is 23.7 Å². The molecule has 472 valence electrons. The minimum absolute atomic E-state index is 0.128. The lowest BCUT2D eigenvalue weighted by Crippen LogP contribution is -2.50. The molecule has 0 radical (unpaired) electrons. The Morgan fingerprint density at radius 2 is 0.375 bits per heavy atom. The average Bonchev–Trinajstić information content (AvgIpc) is 3.45. The Hall–Kier alpha value is -2.65. The predicted octanol–water partition coefficient (Wildman–Crippen LogP) is 21.4. The number of carbonyl (C=O) groups is 5. The monoisotopic (exact) mass is 1130 g/mol. The first-order valence-corrected chi connectivity index (χ1v) is 35.1. The highest BCUT2D eigenvalue weighted by Gasteiger charge is 2.40. The Morgan fingerprint density at radius 3 is 0.575 bits per heavy atom. The van der Waals surface area contributed by atoms with Crippen molar-refractivity contribution in [1.82, 2.24) is 0 Å². The second kappa shape index (κ2) is 62.4. The van der Waals surface area contributed by atoms with E-state index >= 15 is 0 Å². The van der Waals surface area contributed by atoms with Gasteiger partial charge in [0.05, 0.1) is 0 Å². The van der Waals surface area contributed by atoms with Gasteiger partial charge in [-0.05, 0) is 32.1 Å². The molecular weight excluding hydrogens is 1000 g/mol. The highest BCUT2D eigenvalue weighted by atomic mass is 16.6. The zero-order chi connectivity index (χ0) is 58.5. The van der Waals surface area contributed by atoms with Gasteiger partial charge in [0.15, 0.2) is 18.3 Å². The van der Waals surface area contributed by atoms with Crippen molar-refractivity contribution in [2.24, 2.45) is 0 Å². The van der Waals surface area contributed by atoms with Crippen molar-refractivity contribution in [3.05, 3.63) is 0 Å². The smallest absolute Gasteiger partial charge is 0.306 e. The number of rotatable bonds is 64. The zero-order valence-electron chi connectivity index (χ0n) is 53.6. The fourth-order valence-corrected chi connectivity index (χ4v) is 10.7. The quantitative estimate of drug-likeness (QED) is 0.0329. The van der Waals surface area contributed by atoms with Crippen LogP contribution in [0.25, 0.3) is 0 Å². The fourth-order valence-electron chi connectivity index (χ4n) is 10.7. The third-order valence-electron chi connectivity index (χ3n) is 16.1. The van der Waals surface area contributed by atoms with E-state index in [-0.39, 0.29) is 45.3 Å². The molecule has 0 aliphatic carbocycles. The van der Waals surface area contributed by atoms with E-state index in [1.54, 1.807) is 0 Å². The van der Waals surface area contributed by atoms with E-state index < -0.39 is 48.2 Å². The maximum Gasteiger partial charge on any atom is 0.306 e. The van der Waals surface area contributed by atoms with Crippen molar-refractivity contribution >= 4 is 29.8 Å². The fraction of sp³-hybridized carbons (Fsp3) is 0.929. The van der Waals surface area contributed by atoms with Crippen LogP contribution in [0.3, 0.4) is 0 Å². The highest BCUT2D eigenvalue weighted by molar-refractivity contribution is 5.72. The number of hydrogen-bond donors (Lipinski definition) is 0. The Bertz CT molecular complexity index is 1290. The Labute approximate surface area is 494 Å². The van der Waals surface area contributed by atoms with Gasteiger partial charge in [0, 0.05) is 32.1 Å². The summed E-state index contributed by atoms with van der Waals surface area (Å²) in [5, 5.41) is 0. The van der Waals surface area contributed by atoms with E-state index in [9.17, 15) is 24.0 Å². The van der Waals surface area contributed by atoms with Crippen LogP contribution in [0.2, 0.25) is 0 Å². The van der Waals surface area contributed by atoms with E-state index in [0.29, 0.717) is 32.1 Å². The molecule has 0 aromatic rings.